The van der Waals surface area contributed by atoms with E-state index < -0.39 is 0 Å². The maximum Gasteiger partial charge on any atom is 0.319 e. The number of urea groups is 1. The molecule has 1 rings (SSSR count). The summed E-state index contributed by atoms with van der Waals surface area (Å²) < 4.78 is 1.00. The van der Waals surface area contributed by atoms with Crippen LogP contribution in [-0.4, -0.2) is 6.03 Å². The molecule has 4 heteroatoms. The van der Waals surface area contributed by atoms with Crippen LogP contribution in [0.2, 0.25) is 0 Å². The molecule has 0 unspecified atom stereocenters. The van der Waals surface area contributed by atoms with E-state index in [1.165, 1.54) is 6.20 Å². The first-order chi connectivity index (χ1) is 6.72. The maximum atomic E-state index is 11.0. The highest BCUT2D eigenvalue weighted by Gasteiger charge is 1.97. The van der Waals surface area contributed by atoms with E-state index in [9.17, 15) is 4.79 Å². The Hall–Kier alpha value is -1.29. The number of hydrogen-bond donors (Lipinski definition) is 2. The molecule has 0 spiro atoms. The molecular weight excluding hydrogens is 244 g/mol. The molecule has 0 bridgehead atoms. The van der Waals surface area contributed by atoms with E-state index in [1.807, 2.05) is 24.3 Å². The third kappa shape index (κ3) is 3.62. The highest BCUT2D eigenvalue weighted by atomic mass is 79.9. The van der Waals surface area contributed by atoms with Crippen LogP contribution >= 0.6 is 15.9 Å². The summed E-state index contributed by atoms with van der Waals surface area (Å²) in [5, 5.41) is 5.12. The van der Waals surface area contributed by atoms with E-state index in [-0.39, 0.29) is 6.03 Å². The largest absolute Gasteiger partial charge is 0.334 e. The molecule has 14 heavy (non-hydrogen) atoms. The first-order valence-electron chi connectivity index (χ1n) is 4.12. The van der Waals surface area contributed by atoms with Gasteiger partial charge >= 0.3 is 6.03 Å². The lowest BCUT2D eigenvalue weighted by Gasteiger charge is -2.04. The molecule has 0 atom stereocenters. The van der Waals surface area contributed by atoms with E-state index in [4.69, 9.17) is 0 Å². The van der Waals surface area contributed by atoms with Crippen LogP contribution in [0.15, 0.2) is 41.5 Å². The zero-order valence-corrected chi connectivity index (χ0v) is 9.17. The molecule has 1 aromatic rings. The SMILES string of the molecule is C=CNC(=O)NCc1cccc(Br)c1. The van der Waals surface area contributed by atoms with Gasteiger partial charge in [0, 0.05) is 11.0 Å². The van der Waals surface area contributed by atoms with Crippen molar-refractivity contribution < 1.29 is 4.79 Å². The van der Waals surface area contributed by atoms with E-state index in [0.717, 1.165) is 10.0 Å². The van der Waals surface area contributed by atoms with Gasteiger partial charge < -0.3 is 10.6 Å². The molecule has 2 N–H and O–H groups in total. The number of rotatable bonds is 3. The summed E-state index contributed by atoms with van der Waals surface area (Å²) in [5.74, 6) is 0. The molecule has 0 saturated carbocycles. The van der Waals surface area contributed by atoms with Gasteiger partial charge in [0.25, 0.3) is 0 Å². The molecule has 3 nitrogen and oxygen atoms in total. The standard InChI is InChI=1S/C10H11BrN2O/c1-2-12-10(14)13-7-8-4-3-5-9(11)6-8/h2-6H,1,7H2,(H2,12,13,14). The Bertz CT molecular complexity index is 339. The third-order valence-electron chi connectivity index (χ3n) is 1.58. The van der Waals surface area contributed by atoms with Crippen molar-refractivity contribution in [2.75, 3.05) is 0 Å². The highest BCUT2D eigenvalue weighted by molar-refractivity contribution is 9.10. The Morgan fingerprint density at radius 2 is 2.36 bits per heavy atom. The minimum absolute atomic E-state index is 0.250. The molecule has 0 aliphatic heterocycles. The average molecular weight is 255 g/mol. The van der Waals surface area contributed by atoms with E-state index >= 15 is 0 Å². The van der Waals surface area contributed by atoms with E-state index in [2.05, 4.69) is 33.1 Å². The van der Waals surface area contributed by atoms with Gasteiger partial charge in [-0.3, -0.25) is 0 Å². The third-order valence-corrected chi connectivity index (χ3v) is 2.07. The summed E-state index contributed by atoms with van der Waals surface area (Å²) in [5.41, 5.74) is 1.04. The van der Waals surface area contributed by atoms with Crippen molar-refractivity contribution >= 4 is 22.0 Å². The Morgan fingerprint density at radius 1 is 1.57 bits per heavy atom. The summed E-state index contributed by atoms with van der Waals surface area (Å²) in [6.07, 6.45) is 1.34. The van der Waals surface area contributed by atoms with Gasteiger partial charge in [-0.25, -0.2) is 4.79 Å². The highest BCUT2D eigenvalue weighted by Crippen LogP contribution is 2.11. The van der Waals surface area contributed by atoms with Crippen molar-refractivity contribution in [3.05, 3.63) is 47.1 Å². The second kappa shape index (κ2) is 5.44. The van der Waals surface area contributed by atoms with Gasteiger partial charge in [-0.05, 0) is 23.9 Å². The molecule has 0 aliphatic rings. The van der Waals surface area contributed by atoms with Crippen molar-refractivity contribution in [1.29, 1.82) is 0 Å². The molecule has 0 aromatic heterocycles. The zero-order chi connectivity index (χ0) is 10.4. The second-order valence-corrected chi connectivity index (χ2v) is 3.58. The summed E-state index contributed by atoms with van der Waals surface area (Å²) >= 11 is 3.36. The summed E-state index contributed by atoms with van der Waals surface area (Å²) in [4.78, 5) is 11.0. The van der Waals surface area contributed by atoms with Crippen LogP contribution in [0.1, 0.15) is 5.56 Å². The molecule has 2 amide bonds. The molecule has 1 aromatic carbocycles. The fourth-order valence-corrected chi connectivity index (χ4v) is 1.42. The Labute approximate surface area is 91.3 Å². The van der Waals surface area contributed by atoms with E-state index in [0.29, 0.717) is 6.54 Å². The smallest absolute Gasteiger partial charge is 0.319 e. The van der Waals surface area contributed by atoms with Gasteiger partial charge in [0.1, 0.15) is 0 Å². The minimum Gasteiger partial charge on any atom is -0.334 e. The molecule has 74 valence electrons. The summed E-state index contributed by atoms with van der Waals surface area (Å²) in [7, 11) is 0. The Kier molecular flexibility index (Phi) is 4.19. The van der Waals surface area contributed by atoms with Crippen LogP contribution in [0, 0.1) is 0 Å². The summed E-state index contributed by atoms with van der Waals surface area (Å²) in [6.45, 7) is 3.89. The van der Waals surface area contributed by atoms with Gasteiger partial charge in [0.2, 0.25) is 0 Å². The van der Waals surface area contributed by atoms with Gasteiger partial charge in [-0.1, -0.05) is 34.6 Å². The van der Waals surface area contributed by atoms with E-state index in [1.54, 1.807) is 0 Å². The first kappa shape index (κ1) is 10.8. The molecule has 0 radical (unpaired) electrons. The van der Waals surface area contributed by atoms with Crippen LogP contribution in [-0.2, 0) is 6.54 Å². The van der Waals surface area contributed by atoms with Gasteiger partial charge in [-0.2, -0.15) is 0 Å². The van der Waals surface area contributed by atoms with Crippen molar-refractivity contribution in [3.8, 4) is 0 Å². The molecule has 0 saturated heterocycles. The number of hydrogen-bond acceptors (Lipinski definition) is 1. The van der Waals surface area contributed by atoms with Gasteiger partial charge in [-0.15, -0.1) is 0 Å². The van der Waals surface area contributed by atoms with Crippen LogP contribution in [0.4, 0.5) is 4.79 Å². The van der Waals surface area contributed by atoms with Crippen LogP contribution in [0.25, 0.3) is 0 Å². The molecule has 0 heterocycles. The topological polar surface area (TPSA) is 41.1 Å². The number of benzene rings is 1. The van der Waals surface area contributed by atoms with Gasteiger partial charge in [0.15, 0.2) is 0 Å². The fourth-order valence-electron chi connectivity index (χ4n) is 0.973. The maximum absolute atomic E-state index is 11.0. The Morgan fingerprint density at radius 3 is 3.00 bits per heavy atom. The average Bonchev–Trinajstić information content (AvgIpc) is 2.15. The second-order valence-electron chi connectivity index (χ2n) is 2.66. The first-order valence-corrected chi connectivity index (χ1v) is 4.91. The lowest BCUT2D eigenvalue weighted by atomic mass is 10.2. The Balaban J connectivity index is 2.45. The fraction of sp³-hybridized carbons (Fsp3) is 0.100. The molecule has 0 fully saturated rings. The van der Waals surface area contributed by atoms with Crippen molar-refractivity contribution in [2.24, 2.45) is 0 Å². The minimum atomic E-state index is -0.250. The zero-order valence-electron chi connectivity index (χ0n) is 7.59. The summed E-state index contributed by atoms with van der Waals surface area (Å²) in [6, 6.07) is 7.51. The van der Waals surface area contributed by atoms with Gasteiger partial charge in [0.05, 0.1) is 0 Å². The predicted octanol–water partition coefficient (Wildman–Crippen LogP) is 2.39. The van der Waals surface area contributed by atoms with Crippen molar-refractivity contribution in [3.63, 3.8) is 0 Å². The molecule has 0 aliphatic carbocycles. The number of nitrogens with one attached hydrogen (secondary N) is 2. The lowest BCUT2D eigenvalue weighted by Crippen LogP contribution is -2.31. The van der Waals surface area contributed by atoms with Crippen LogP contribution < -0.4 is 10.6 Å². The van der Waals surface area contributed by atoms with Crippen LogP contribution in [0.5, 0.6) is 0 Å². The number of halogens is 1. The number of carbonyl (C=O) groups excluding carboxylic acids is 1. The van der Waals surface area contributed by atoms with Crippen molar-refractivity contribution in [2.45, 2.75) is 6.54 Å². The monoisotopic (exact) mass is 254 g/mol. The van der Waals surface area contributed by atoms with Crippen molar-refractivity contribution in [1.82, 2.24) is 10.6 Å². The van der Waals surface area contributed by atoms with Crippen LogP contribution in [0.3, 0.4) is 0 Å². The predicted molar refractivity (Wildman–Crippen MR) is 59.7 cm³/mol. The molecular formula is C10H11BrN2O. The lowest BCUT2D eigenvalue weighted by molar-refractivity contribution is 0.244. The number of carbonyl (C=O) groups is 1. The normalized spacial score (nSPS) is 9.21. The quantitative estimate of drug-likeness (QED) is 0.855. The number of amides is 2.